The van der Waals surface area contributed by atoms with Crippen molar-refractivity contribution in [1.29, 1.82) is 0 Å². The van der Waals surface area contributed by atoms with E-state index < -0.39 is 5.60 Å². The maximum Gasteiger partial charge on any atom is 0.410 e. The lowest BCUT2D eigenvalue weighted by atomic mass is 10.0. The summed E-state index contributed by atoms with van der Waals surface area (Å²) in [6.45, 7) is 7.48. The first-order valence-corrected chi connectivity index (χ1v) is 6.44. The zero-order chi connectivity index (χ0) is 13.1. The summed E-state index contributed by atoms with van der Waals surface area (Å²) in [4.78, 5) is 16.1. The van der Waals surface area contributed by atoms with E-state index >= 15 is 0 Å². The summed E-state index contributed by atoms with van der Waals surface area (Å²) in [7, 11) is 4.09. The number of hydrogen-bond donors (Lipinski definition) is 0. The third-order valence-electron chi connectivity index (χ3n) is 2.83. The molecule has 0 bridgehead atoms. The fraction of sp³-hybridized carbons (Fsp3) is 0.923. The van der Waals surface area contributed by atoms with Crippen molar-refractivity contribution < 1.29 is 9.53 Å². The number of piperidine rings is 1. The molecule has 1 rings (SSSR count). The summed E-state index contributed by atoms with van der Waals surface area (Å²) in [6, 6.07) is 0.300. The minimum atomic E-state index is -0.406. The van der Waals surface area contributed by atoms with Crippen LogP contribution in [0.2, 0.25) is 0 Å². The Morgan fingerprint density at radius 3 is 2.53 bits per heavy atom. The predicted molar refractivity (Wildman–Crippen MR) is 69.1 cm³/mol. The van der Waals surface area contributed by atoms with Crippen LogP contribution in [0.1, 0.15) is 40.0 Å². The van der Waals surface area contributed by atoms with Gasteiger partial charge in [-0.25, -0.2) is 4.79 Å². The van der Waals surface area contributed by atoms with E-state index in [1.165, 1.54) is 6.42 Å². The van der Waals surface area contributed by atoms with Crippen molar-refractivity contribution in [3.63, 3.8) is 0 Å². The first kappa shape index (κ1) is 14.3. The van der Waals surface area contributed by atoms with Gasteiger partial charge in [-0.3, -0.25) is 0 Å². The van der Waals surface area contributed by atoms with E-state index in [1.54, 1.807) is 0 Å². The molecule has 4 heteroatoms. The first-order chi connectivity index (χ1) is 7.79. The van der Waals surface area contributed by atoms with Gasteiger partial charge in [0.1, 0.15) is 5.60 Å². The van der Waals surface area contributed by atoms with Gasteiger partial charge in [-0.05, 0) is 54.1 Å². The molecule has 1 atom stereocenters. The molecule has 0 radical (unpaired) electrons. The van der Waals surface area contributed by atoms with Gasteiger partial charge < -0.3 is 14.5 Å². The normalized spacial score (nSPS) is 21.8. The molecule has 1 aliphatic rings. The Morgan fingerprint density at radius 2 is 2.00 bits per heavy atom. The Bertz CT molecular complexity index is 259. The average Bonchev–Trinajstić information content (AvgIpc) is 2.14. The highest BCUT2D eigenvalue weighted by Gasteiger charge is 2.30. The van der Waals surface area contributed by atoms with Crippen LogP contribution in [0.3, 0.4) is 0 Å². The molecule has 17 heavy (non-hydrogen) atoms. The van der Waals surface area contributed by atoms with Gasteiger partial charge in [-0.2, -0.15) is 0 Å². The SMILES string of the molecule is CN(C)CC1CCCCN1C(=O)OC(C)(C)C. The Hall–Kier alpha value is -0.770. The molecule has 1 heterocycles. The molecule has 1 aliphatic heterocycles. The molecular formula is C13H26N2O2. The smallest absolute Gasteiger partial charge is 0.410 e. The standard InChI is InChI=1S/C13H26N2O2/c1-13(2,3)17-12(16)15-9-7-6-8-11(15)10-14(4)5/h11H,6-10H2,1-5H3. The summed E-state index contributed by atoms with van der Waals surface area (Å²) in [5.74, 6) is 0. The van der Waals surface area contributed by atoms with Crippen molar-refractivity contribution in [2.45, 2.75) is 51.7 Å². The van der Waals surface area contributed by atoms with E-state index in [4.69, 9.17) is 4.74 Å². The lowest BCUT2D eigenvalue weighted by molar-refractivity contribution is 0.00699. The molecule has 1 amide bonds. The molecule has 1 saturated heterocycles. The molecule has 0 aromatic carbocycles. The Morgan fingerprint density at radius 1 is 1.35 bits per heavy atom. The topological polar surface area (TPSA) is 32.8 Å². The Balaban J connectivity index is 2.61. The zero-order valence-corrected chi connectivity index (χ0v) is 11.8. The van der Waals surface area contributed by atoms with Crippen LogP contribution in [0, 0.1) is 0 Å². The first-order valence-electron chi connectivity index (χ1n) is 6.44. The van der Waals surface area contributed by atoms with E-state index in [0.29, 0.717) is 6.04 Å². The molecule has 100 valence electrons. The van der Waals surface area contributed by atoms with Gasteiger partial charge in [0.15, 0.2) is 0 Å². The number of rotatable bonds is 2. The van der Waals surface area contributed by atoms with Crippen LogP contribution in [0.15, 0.2) is 0 Å². The van der Waals surface area contributed by atoms with Crippen LogP contribution >= 0.6 is 0 Å². The molecule has 1 unspecified atom stereocenters. The van der Waals surface area contributed by atoms with E-state index in [1.807, 2.05) is 39.8 Å². The van der Waals surface area contributed by atoms with Crippen molar-refractivity contribution in [3.05, 3.63) is 0 Å². The molecule has 1 fully saturated rings. The van der Waals surface area contributed by atoms with Crippen LogP contribution < -0.4 is 0 Å². The number of likely N-dealkylation sites (tertiary alicyclic amines) is 1. The molecule has 0 aromatic rings. The van der Waals surface area contributed by atoms with E-state index in [0.717, 1.165) is 25.9 Å². The quantitative estimate of drug-likeness (QED) is 0.745. The number of likely N-dealkylation sites (N-methyl/N-ethyl adjacent to an activating group) is 1. The van der Waals surface area contributed by atoms with Gasteiger partial charge in [-0.15, -0.1) is 0 Å². The van der Waals surface area contributed by atoms with Gasteiger partial charge in [-0.1, -0.05) is 0 Å². The summed E-state index contributed by atoms with van der Waals surface area (Å²) in [5, 5.41) is 0. The summed E-state index contributed by atoms with van der Waals surface area (Å²) < 4.78 is 5.46. The average molecular weight is 242 g/mol. The fourth-order valence-corrected chi connectivity index (χ4v) is 2.17. The largest absolute Gasteiger partial charge is 0.444 e. The number of carbonyl (C=O) groups excluding carboxylic acids is 1. The van der Waals surface area contributed by atoms with Crippen molar-refractivity contribution in [2.75, 3.05) is 27.2 Å². The zero-order valence-electron chi connectivity index (χ0n) is 11.8. The van der Waals surface area contributed by atoms with E-state index in [2.05, 4.69) is 4.90 Å². The van der Waals surface area contributed by atoms with Crippen LogP contribution in [0.4, 0.5) is 4.79 Å². The van der Waals surface area contributed by atoms with Crippen molar-refractivity contribution in [1.82, 2.24) is 9.80 Å². The number of amides is 1. The van der Waals surface area contributed by atoms with E-state index in [9.17, 15) is 4.79 Å². The number of nitrogens with zero attached hydrogens (tertiary/aromatic N) is 2. The van der Waals surface area contributed by atoms with Gasteiger partial charge in [0.25, 0.3) is 0 Å². The summed E-state index contributed by atoms with van der Waals surface area (Å²) >= 11 is 0. The van der Waals surface area contributed by atoms with Gasteiger partial charge >= 0.3 is 6.09 Å². The minimum absolute atomic E-state index is 0.163. The fourth-order valence-electron chi connectivity index (χ4n) is 2.17. The van der Waals surface area contributed by atoms with Gasteiger partial charge in [0.2, 0.25) is 0 Å². The summed E-state index contributed by atoms with van der Waals surface area (Å²) in [6.07, 6.45) is 3.21. The van der Waals surface area contributed by atoms with Crippen molar-refractivity contribution in [3.8, 4) is 0 Å². The lowest BCUT2D eigenvalue weighted by Crippen LogP contribution is -2.49. The number of ether oxygens (including phenoxy) is 1. The molecule has 0 N–H and O–H groups in total. The number of carbonyl (C=O) groups is 1. The number of hydrogen-bond acceptors (Lipinski definition) is 3. The second kappa shape index (κ2) is 5.71. The summed E-state index contributed by atoms with van der Waals surface area (Å²) in [5.41, 5.74) is -0.406. The van der Waals surface area contributed by atoms with E-state index in [-0.39, 0.29) is 6.09 Å². The highest BCUT2D eigenvalue weighted by Crippen LogP contribution is 2.20. The molecule has 0 saturated carbocycles. The van der Waals surface area contributed by atoms with Gasteiger partial charge in [0.05, 0.1) is 0 Å². The predicted octanol–water partition coefficient (Wildman–Crippen LogP) is 2.34. The molecule has 4 nitrogen and oxygen atoms in total. The van der Waals surface area contributed by atoms with Gasteiger partial charge in [0, 0.05) is 19.1 Å². The minimum Gasteiger partial charge on any atom is -0.444 e. The molecule has 0 aromatic heterocycles. The second-order valence-corrected chi connectivity index (χ2v) is 6.09. The van der Waals surface area contributed by atoms with Crippen LogP contribution in [-0.4, -0.2) is 54.7 Å². The Labute approximate surface area is 105 Å². The highest BCUT2D eigenvalue weighted by molar-refractivity contribution is 5.68. The molecule has 0 spiro atoms. The van der Waals surface area contributed by atoms with Crippen molar-refractivity contribution >= 4 is 6.09 Å². The molecule has 0 aliphatic carbocycles. The monoisotopic (exact) mass is 242 g/mol. The second-order valence-electron chi connectivity index (χ2n) is 6.09. The van der Waals surface area contributed by atoms with Crippen LogP contribution in [-0.2, 0) is 4.74 Å². The maximum atomic E-state index is 12.1. The maximum absolute atomic E-state index is 12.1. The molecular weight excluding hydrogens is 216 g/mol. The van der Waals surface area contributed by atoms with Crippen LogP contribution in [0.5, 0.6) is 0 Å². The Kier molecular flexibility index (Phi) is 4.80. The highest BCUT2D eigenvalue weighted by atomic mass is 16.6. The third-order valence-corrected chi connectivity index (χ3v) is 2.83. The third kappa shape index (κ3) is 4.94. The lowest BCUT2D eigenvalue weighted by Gasteiger charge is -2.37. The van der Waals surface area contributed by atoms with Crippen LogP contribution in [0.25, 0.3) is 0 Å². The van der Waals surface area contributed by atoms with Crippen molar-refractivity contribution in [2.24, 2.45) is 0 Å².